The van der Waals surface area contributed by atoms with Crippen molar-refractivity contribution in [3.8, 4) is 0 Å². The monoisotopic (exact) mass is 279 g/mol. The van der Waals surface area contributed by atoms with Crippen molar-refractivity contribution in [1.29, 1.82) is 0 Å². The van der Waals surface area contributed by atoms with Crippen LogP contribution >= 0.6 is 15.9 Å². The van der Waals surface area contributed by atoms with Gasteiger partial charge < -0.3 is 5.32 Å². The van der Waals surface area contributed by atoms with Crippen molar-refractivity contribution in [3.05, 3.63) is 28.2 Å². The molecule has 1 fully saturated rings. The molecule has 0 bridgehead atoms. The summed E-state index contributed by atoms with van der Waals surface area (Å²) in [6, 6.07) is 6.67. The lowest BCUT2D eigenvalue weighted by molar-refractivity contribution is 0.261. The zero-order valence-corrected chi connectivity index (χ0v) is 11.3. The molecule has 0 unspecified atom stereocenters. The molecule has 16 heavy (non-hydrogen) atoms. The topological polar surface area (TPSA) is 12.0 Å². The minimum Gasteiger partial charge on any atom is -0.384 e. The quantitative estimate of drug-likeness (QED) is 0.746. The van der Waals surface area contributed by atoms with E-state index in [9.17, 15) is 0 Å². The average Bonchev–Trinajstić information content (AvgIpc) is 2.62. The van der Waals surface area contributed by atoms with Gasteiger partial charge in [0.05, 0.1) is 0 Å². The molecule has 1 N–H and O–H groups in total. The maximum absolute atomic E-state index is 3.60. The molecule has 1 saturated carbocycles. The van der Waals surface area contributed by atoms with Gasteiger partial charge in [0, 0.05) is 22.1 Å². The molecule has 2 aliphatic rings. The molecule has 0 saturated heterocycles. The summed E-state index contributed by atoms with van der Waals surface area (Å²) >= 11 is 3.60. The predicted molar refractivity (Wildman–Crippen MR) is 71.9 cm³/mol. The van der Waals surface area contributed by atoms with E-state index in [2.05, 4.69) is 46.4 Å². The van der Waals surface area contributed by atoms with Gasteiger partial charge in [-0.25, -0.2) is 0 Å². The summed E-state index contributed by atoms with van der Waals surface area (Å²) in [6.07, 6.45) is 5.47. The smallest absolute Gasteiger partial charge is 0.0380 e. The van der Waals surface area contributed by atoms with E-state index >= 15 is 0 Å². The van der Waals surface area contributed by atoms with Crippen molar-refractivity contribution in [1.82, 2.24) is 0 Å². The first-order valence-corrected chi connectivity index (χ1v) is 7.03. The molecule has 86 valence electrons. The van der Waals surface area contributed by atoms with Gasteiger partial charge in [0.15, 0.2) is 0 Å². The molecule has 1 aromatic rings. The number of hydrogen-bond donors (Lipinski definition) is 1. The Bertz CT molecular complexity index is 405. The van der Waals surface area contributed by atoms with Gasteiger partial charge in [0.2, 0.25) is 0 Å². The Morgan fingerprint density at radius 3 is 2.81 bits per heavy atom. The van der Waals surface area contributed by atoms with Gasteiger partial charge >= 0.3 is 0 Å². The Labute approximate surface area is 106 Å². The highest BCUT2D eigenvalue weighted by molar-refractivity contribution is 9.10. The van der Waals surface area contributed by atoms with Crippen LogP contribution in [0.15, 0.2) is 22.7 Å². The zero-order valence-electron chi connectivity index (χ0n) is 9.72. The molecule has 0 radical (unpaired) electrons. The van der Waals surface area contributed by atoms with Gasteiger partial charge in [0.25, 0.3) is 0 Å². The van der Waals surface area contributed by atoms with Crippen molar-refractivity contribution in [2.24, 2.45) is 5.92 Å². The van der Waals surface area contributed by atoms with Crippen LogP contribution in [0.2, 0.25) is 0 Å². The molecule has 3 rings (SSSR count). The maximum atomic E-state index is 3.60. The Morgan fingerprint density at radius 1 is 1.31 bits per heavy atom. The number of fused-ring (bicyclic) bond motifs is 2. The molecule has 1 spiro atoms. The summed E-state index contributed by atoms with van der Waals surface area (Å²) in [4.78, 5) is 0. The van der Waals surface area contributed by atoms with Gasteiger partial charge in [-0.05, 0) is 55.4 Å². The number of anilines is 1. The van der Waals surface area contributed by atoms with E-state index in [1.165, 1.54) is 35.8 Å². The van der Waals surface area contributed by atoms with Gasteiger partial charge in [-0.1, -0.05) is 22.9 Å². The maximum Gasteiger partial charge on any atom is 0.0380 e. The van der Waals surface area contributed by atoms with Crippen LogP contribution < -0.4 is 5.32 Å². The van der Waals surface area contributed by atoms with Crippen molar-refractivity contribution < 1.29 is 0 Å². The molecule has 0 aromatic heterocycles. The minimum absolute atomic E-state index is 0.436. The Balaban J connectivity index is 1.98. The second-order valence-corrected chi connectivity index (χ2v) is 6.42. The van der Waals surface area contributed by atoms with Crippen LogP contribution in [0.5, 0.6) is 0 Å². The third-order valence-corrected chi connectivity index (χ3v) is 4.89. The standard InChI is InChI=1S/C14H18BrN/c1-10-4-6-14(7-5-10)9-16-13-3-2-11(15)8-12(13)14/h2-3,8,10,16H,4-7,9H2,1H3. The molecule has 2 heteroatoms. The van der Waals surface area contributed by atoms with E-state index < -0.39 is 0 Å². The molecule has 1 nitrogen and oxygen atoms in total. The molecule has 0 atom stereocenters. The fraction of sp³-hybridized carbons (Fsp3) is 0.571. The molecule has 1 aliphatic carbocycles. The first-order valence-electron chi connectivity index (χ1n) is 6.24. The van der Waals surface area contributed by atoms with Crippen LogP contribution in [-0.2, 0) is 5.41 Å². The highest BCUT2D eigenvalue weighted by Gasteiger charge is 2.40. The molecule has 0 amide bonds. The Kier molecular flexibility index (Phi) is 2.50. The van der Waals surface area contributed by atoms with E-state index in [0.29, 0.717) is 5.41 Å². The summed E-state index contributed by atoms with van der Waals surface area (Å²) in [7, 11) is 0. The number of halogens is 1. The lowest BCUT2D eigenvalue weighted by Gasteiger charge is -2.36. The van der Waals surface area contributed by atoms with Gasteiger partial charge in [-0.2, -0.15) is 0 Å². The molecule has 1 heterocycles. The third-order valence-electron chi connectivity index (χ3n) is 4.40. The number of rotatable bonds is 0. The van der Waals surface area contributed by atoms with E-state index in [0.717, 1.165) is 12.5 Å². The van der Waals surface area contributed by atoms with Crippen LogP contribution in [-0.4, -0.2) is 6.54 Å². The van der Waals surface area contributed by atoms with Crippen molar-refractivity contribution in [2.45, 2.75) is 38.0 Å². The van der Waals surface area contributed by atoms with Gasteiger partial charge in [0.1, 0.15) is 0 Å². The fourth-order valence-corrected chi connectivity index (χ4v) is 3.59. The molecular weight excluding hydrogens is 262 g/mol. The Morgan fingerprint density at radius 2 is 2.06 bits per heavy atom. The summed E-state index contributed by atoms with van der Waals surface area (Å²) < 4.78 is 1.22. The second kappa shape index (κ2) is 3.76. The number of hydrogen-bond acceptors (Lipinski definition) is 1. The van der Waals surface area contributed by atoms with Gasteiger partial charge in [-0.15, -0.1) is 0 Å². The lowest BCUT2D eigenvalue weighted by atomic mass is 9.68. The van der Waals surface area contributed by atoms with Crippen LogP contribution in [0.3, 0.4) is 0 Å². The number of benzene rings is 1. The van der Waals surface area contributed by atoms with Crippen molar-refractivity contribution >= 4 is 21.6 Å². The first kappa shape index (κ1) is 10.6. The van der Waals surface area contributed by atoms with Crippen molar-refractivity contribution in [3.63, 3.8) is 0 Å². The van der Waals surface area contributed by atoms with Gasteiger partial charge in [-0.3, -0.25) is 0 Å². The summed E-state index contributed by atoms with van der Waals surface area (Å²) in [6.45, 7) is 3.53. The van der Waals surface area contributed by atoms with E-state index in [4.69, 9.17) is 0 Å². The third kappa shape index (κ3) is 1.58. The second-order valence-electron chi connectivity index (χ2n) is 5.51. The predicted octanol–water partition coefficient (Wildman–Crippen LogP) is 4.32. The normalized spacial score (nSPS) is 32.5. The average molecular weight is 280 g/mol. The minimum atomic E-state index is 0.436. The molecule has 1 aliphatic heterocycles. The summed E-state index contributed by atoms with van der Waals surface area (Å²) in [5.41, 5.74) is 3.34. The van der Waals surface area contributed by atoms with Crippen LogP contribution in [0, 0.1) is 5.92 Å². The molecular formula is C14H18BrN. The van der Waals surface area contributed by atoms with Crippen LogP contribution in [0.4, 0.5) is 5.69 Å². The van der Waals surface area contributed by atoms with E-state index in [-0.39, 0.29) is 0 Å². The highest BCUT2D eigenvalue weighted by Crippen LogP contribution is 2.48. The lowest BCUT2D eigenvalue weighted by Crippen LogP contribution is -2.33. The largest absolute Gasteiger partial charge is 0.384 e. The highest BCUT2D eigenvalue weighted by atomic mass is 79.9. The summed E-state index contributed by atoms with van der Waals surface area (Å²) in [5, 5.41) is 3.58. The zero-order chi connectivity index (χ0) is 11.2. The first-order chi connectivity index (χ1) is 7.70. The SMILES string of the molecule is CC1CCC2(CC1)CNc1ccc(Br)cc12. The van der Waals surface area contributed by atoms with Crippen LogP contribution in [0.25, 0.3) is 0 Å². The van der Waals surface area contributed by atoms with Crippen LogP contribution in [0.1, 0.15) is 38.2 Å². The number of nitrogens with one attached hydrogen (secondary N) is 1. The van der Waals surface area contributed by atoms with Crippen molar-refractivity contribution in [2.75, 3.05) is 11.9 Å². The van der Waals surface area contributed by atoms with E-state index in [1.807, 2.05) is 0 Å². The Hall–Kier alpha value is -0.500. The molecule has 1 aromatic carbocycles. The fourth-order valence-electron chi connectivity index (χ4n) is 3.23. The van der Waals surface area contributed by atoms with E-state index in [1.54, 1.807) is 5.56 Å². The summed E-state index contributed by atoms with van der Waals surface area (Å²) in [5.74, 6) is 0.918.